The van der Waals surface area contributed by atoms with Crippen molar-refractivity contribution in [3.63, 3.8) is 0 Å². The van der Waals surface area contributed by atoms with E-state index in [0.29, 0.717) is 12.0 Å². The van der Waals surface area contributed by atoms with Crippen molar-refractivity contribution in [3.05, 3.63) is 83.4 Å². The number of terminal acetylenes is 1. The van der Waals surface area contributed by atoms with Crippen molar-refractivity contribution in [2.24, 2.45) is 0 Å². The van der Waals surface area contributed by atoms with Crippen LogP contribution in [-0.4, -0.2) is 17.7 Å². The van der Waals surface area contributed by atoms with Gasteiger partial charge in [-0.1, -0.05) is 60.7 Å². The van der Waals surface area contributed by atoms with Gasteiger partial charge in [-0.25, -0.2) is 0 Å². The van der Waals surface area contributed by atoms with Crippen LogP contribution in [0.25, 0.3) is 10.8 Å². The van der Waals surface area contributed by atoms with Crippen LogP contribution in [0.4, 0.5) is 0 Å². The second-order valence-electron chi connectivity index (χ2n) is 7.07. The van der Waals surface area contributed by atoms with Crippen molar-refractivity contribution in [1.82, 2.24) is 16.2 Å². The normalized spacial score (nSPS) is 11.2. The van der Waals surface area contributed by atoms with Gasteiger partial charge in [-0.15, -0.1) is 6.42 Å². The molecule has 0 aliphatic heterocycles. The van der Waals surface area contributed by atoms with Crippen molar-refractivity contribution in [3.8, 4) is 12.3 Å². The predicted octanol–water partition coefficient (Wildman–Crippen LogP) is 3.04. The maximum atomic E-state index is 13.0. The number of carbonyl (C=O) groups excluding carboxylic acids is 3. The number of hydrazine groups is 1. The average Bonchev–Trinajstić information content (AvgIpc) is 2.80. The molecule has 0 saturated heterocycles. The van der Waals surface area contributed by atoms with E-state index in [0.717, 1.165) is 21.9 Å². The third-order valence-corrected chi connectivity index (χ3v) is 4.97. The average molecular weight is 413 g/mol. The van der Waals surface area contributed by atoms with Gasteiger partial charge in [-0.3, -0.25) is 25.2 Å². The van der Waals surface area contributed by atoms with E-state index >= 15 is 0 Å². The fourth-order valence-electron chi connectivity index (χ4n) is 3.41. The minimum absolute atomic E-state index is 0.0913. The molecule has 156 valence electrons. The maximum absolute atomic E-state index is 13.0. The van der Waals surface area contributed by atoms with Crippen molar-refractivity contribution >= 4 is 28.5 Å². The second kappa shape index (κ2) is 10.1. The molecule has 31 heavy (non-hydrogen) atoms. The monoisotopic (exact) mass is 413 g/mol. The lowest BCUT2D eigenvalue weighted by atomic mass is 9.98. The SMILES string of the molecule is C#CC(=O)NNC(=O)CCc1ccccc1C(=O)N[C@H](C)c1cccc2ccccc12. The van der Waals surface area contributed by atoms with Gasteiger partial charge in [0.25, 0.3) is 5.91 Å². The summed E-state index contributed by atoms with van der Waals surface area (Å²) < 4.78 is 0. The molecule has 0 aromatic heterocycles. The van der Waals surface area contributed by atoms with Gasteiger partial charge in [0.2, 0.25) is 5.91 Å². The van der Waals surface area contributed by atoms with E-state index in [1.165, 1.54) is 0 Å². The van der Waals surface area contributed by atoms with Crippen molar-refractivity contribution < 1.29 is 14.4 Å². The molecule has 0 aliphatic carbocycles. The fourth-order valence-corrected chi connectivity index (χ4v) is 3.41. The molecule has 6 nitrogen and oxygen atoms in total. The van der Waals surface area contributed by atoms with Gasteiger partial charge in [-0.2, -0.15) is 0 Å². The third kappa shape index (κ3) is 5.49. The molecule has 3 amide bonds. The van der Waals surface area contributed by atoms with Gasteiger partial charge >= 0.3 is 5.91 Å². The third-order valence-electron chi connectivity index (χ3n) is 4.97. The summed E-state index contributed by atoms with van der Waals surface area (Å²) in [5, 5.41) is 5.27. The minimum atomic E-state index is -0.726. The Hall–Kier alpha value is -4.11. The Morgan fingerprint density at radius 2 is 1.65 bits per heavy atom. The van der Waals surface area contributed by atoms with E-state index in [-0.39, 0.29) is 18.4 Å². The standard InChI is InChI=1S/C25H23N3O3/c1-3-23(29)27-28-24(30)16-15-19-10-5-7-13-22(19)25(31)26-17(2)20-14-8-11-18-9-4-6-12-21(18)20/h1,4-14,17H,15-16H2,2H3,(H,26,31)(H,27,29)(H,28,30)/t17-/m1/s1. The van der Waals surface area contributed by atoms with Gasteiger partial charge in [0.15, 0.2) is 0 Å². The molecule has 6 heteroatoms. The number of rotatable bonds is 6. The number of carbonyl (C=O) groups is 3. The molecule has 0 heterocycles. The summed E-state index contributed by atoms with van der Waals surface area (Å²) in [7, 11) is 0. The lowest BCUT2D eigenvalue weighted by Gasteiger charge is -2.18. The summed E-state index contributed by atoms with van der Waals surface area (Å²) in [6.07, 6.45) is 5.36. The van der Waals surface area contributed by atoms with Crippen LogP contribution in [0, 0.1) is 12.3 Å². The van der Waals surface area contributed by atoms with Gasteiger partial charge in [0, 0.05) is 12.0 Å². The van der Waals surface area contributed by atoms with E-state index in [2.05, 4.69) is 16.2 Å². The van der Waals surface area contributed by atoms with Gasteiger partial charge in [0.05, 0.1) is 6.04 Å². The van der Waals surface area contributed by atoms with Crippen LogP contribution in [-0.2, 0) is 16.0 Å². The Kier molecular flexibility index (Phi) is 7.02. The zero-order chi connectivity index (χ0) is 22.2. The number of aryl methyl sites for hydroxylation is 1. The Balaban J connectivity index is 1.69. The number of nitrogens with one attached hydrogen (secondary N) is 3. The number of benzene rings is 3. The summed E-state index contributed by atoms with van der Waals surface area (Å²) >= 11 is 0. The van der Waals surface area contributed by atoms with Crippen LogP contribution >= 0.6 is 0 Å². The van der Waals surface area contributed by atoms with Crippen LogP contribution < -0.4 is 16.2 Å². The van der Waals surface area contributed by atoms with E-state index in [1.807, 2.05) is 67.4 Å². The van der Waals surface area contributed by atoms with Crippen LogP contribution in [0.15, 0.2) is 66.7 Å². The highest BCUT2D eigenvalue weighted by Gasteiger charge is 2.16. The first kappa shape index (κ1) is 21.6. The van der Waals surface area contributed by atoms with Gasteiger partial charge in [-0.05, 0) is 47.2 Å². The van der Waals surface area contributed by atoms with Crippen LogP contribution in [0.1, 0.15) is 40.9 Å². The second-order valence-corrected chi connectivity index (χ2v) is 7.07. The molecule has 3 rings (SSSR count). The summed E-state index contributed by atoms with van der Waals surface area (Å²) in [6.45, 7) is 1.95. The van der Waals surface area contributed by atoms with Crippen molar-refractivity contribution in [2.75, 3.05) is 0 Å². The molecule has 0 saturated carbocycles. The van der Waals surface area contributed by atoms with Crippen molar-refractivity contribution in [2.45, 2.75) is 25.8 Å². The summed E-state index contributed by atoms with van der Waals surface area (Å²) in [5.74, 6) is 0.506. The highest BCUT2D eigenvalue weighted by molar-refractivity contribution is 5.97. The molecule has 0 radical (unpaired) electrons. The van der Waals surface area contributed by atoms with Gasteiger partial charge < -0.3 is 5.32 Å². The zero-order valence-electron chi connectivity index (χ0n) is 17.1. The smallest absolute Gasteiger partial charge is 0.314 e. The number of amides is 3. The first-order chi connectivity index (χ1) is 15.0. The molecular formula is C25H23N3O3. The van der Waals surface area contributed by atoms with E-state index in [1.54, 1.807) is 12.1 Å². The number of hydrogen-bond acceptors (Lipinski definition) is 3. The molecular weight excluding hydrogens is 390 g/mol. The Morgan fingerprint density at radius 1 is 0.935 bits per heavy atom. The summed E-state index contributed by atoms with van der Waals surface area (Å²) in [5.41, 5.74) is 6.64. The van der Waals surface area contributed by atoms with Crippen LogP contribution in [0.5, 0.6) is 0 Å². The van der Waals surface area contributed by atoms with E-state index < -0.39 is 11.8 Å². The summed E-state index contributed by atoms with van der Waals surface area (Å²) in [4.78, 5) is 35.9. The predicted molar refractivity (Wildman–Crippen MR) is 120 cm³/mol. The minimum Gasteiger partial charge on any atom is -0.345 e. The fraction of sp³-hybridized carbons (Fsp3) is 0.160. The molecule has 1 atom stereocenters. The number of hydrogen-bond donors (Lipinski definition) is 3. The molecule has 3 aromatic carbocycles. The van der Waals surface area contributed by atoms with Crippen LogP contribution in [0.3, 0.4) is 0 Å². The Bertz CT molecular complexity index is 1160. The first-order valence-electron chi connectivity index (χ1n) is 9.91. The lowest BCUT2D eigenvalue weighted by molar-refractivity contribution is -0.126. The zero-order valence-corrected chi connectivity index (χ0v) is 17.1. The topological polar surface area (TPSA) is 87.3 Å². The number of fused-ring (bicyclic) bond motifs is 1. The highest BCUT2D eigenvalue weighted by Crippen LogP contribution is 2.24. The lowest BCUT2D eigenvalue weighted by Crippen LogP contribution is -2.41. The Labute approximate surface area is 181 Å². The quantitative estimate of drug-likeness (QED) is 0.429. The maximum Gasteiger partial charge on any atom is 0.314 e. The van der Waals surface area contributed by atoms with E-state index in [9.17, 15) is 14.4 Å². The van der Waals surface area contributed by atoms with Crippen molar-refractivity contribution in [1.29, 1.82) is 0 Å². The Morgan fingerprint density at radius 3 is 2.45 bits per heavy atom. The molecule has 3 N–H and O–H groups in total. The highest BCUT2D eigenvalue weighted by atomic mass is 16.2. The van der Waals surface area contributed by atoms with E-state index in [4.69, 9.17) is 6.42 Å². The molecule has 3 aromatic rings. The molecule has 0 spiro atoms. The molecule has 0 fully saturated rings. The summed E-state index contributed by atoms with van der Waals surface area (Å²) in [6, 6.07) is 21.0. The largest absolute Gasteiger partial charge is 0.345 e. The molecule has 0 aliphatic rings. The first-order valence-corrected chi connectivity index (χ1v) is 9.91. The van der Waals surface area contributed by atoms with Gasteiger partial charge in [0.1, 0.15) is 0 Å². The molecule has 0 unspecified atom stereocenters. The van der Waals surface area contributed by atoms with Crippen LogP contribution in [0.2, 0.25) is 0 Å². The molecule has 0 bridgehead atoms.